The molecule has 4 rings (SSSR count). The van der Waals surface area contributed by atoms with E-state index < -0.39 is 5.91 Å². The minimum atomic E-state index is -0.509. The SMILES string of the molecule is NC(=O)COc1ccc(C[C@@H]2CNCCN2C(=O)CCc2ccccc2Oc2ccccc2)cc1. The highest BCUT2D eigenvalue weighted by molar-refractivity contribution is 5.77. The summed E-state index contributed by atoms with van der Waals surface area (Å²) < 4.78 is 11.4. The Morgan fingerprint density at radius 3 is 2.46 bits per heavy atom. The van der Waals surface area contributed by atoms with Crippen LogP contribution in [-0.4, -0.2) is 49.0 Å². The molecule has 1 fully saturated rings. The Morgan fingerprint density at radius 2 is 1.69 bits per heavy atom. The van der Waals surface area contributed by atoms with Gasteiger partial charge >= 0.3 is 0 Å². The largest absolute Gasteiger partial charge is 0.484 e. The first-order valence-corrected chi connectivity index (χ1v) is 11.9. The maximum atomic E-state index is 13.2. The van der Waals surface area contributed by atoms with E-state index in [2.05, 4.69) is 5.32 Å². The quantitative estimate of drug-likeness (QED) is 0.471. The maximum Gasteiger partial charge on any atom is 0.255 e. The van der Waals surface area contributed by atoms with E-state index >= 15 is 0 Å². The molecular formula is C28H31N3O4. The Hall–Kier alpha value is -3.84. The van der Waals surface area contributed by atoms with Crippen molar-refractivity contribution >= 4 is 11.8 Å². The first kappa shape index (κ1) is 24.3. The van der Waals surface area contributed by atoms with Crippen LogP contribution in [0.15, 0.2) is 78.9 Å². The van der Waals surface area contributed by atoms with Gasteiger partial charge < -0.3 is 25.4 Å². The number of rotatable bonds is 10. The standard InChI is InChI=1S/C28H31N3O4/c29-27(32)20-34-24-13-10-21(11-14-24)18-23-19-30-16-17-31(23)28(33)15-12-22-6-4-5-9-26(22)35-25-7-2-1-3-8-25/h1-11,13-14,23,30H,12,15-20H2,(H2,29,32)/t23-/m1/s1. The van der Waals surface area contributed by atoms with Gasteiger partial charge in [-0.05, 0) is 54.3 Å². The van der Waals surface area contributed by atoms with Gasteiger partial charge in [0, 0.05) is 32.1 Å². The van der Waals surface area contributed by atoms with Gasteiger partial charge in [-0.1, -0.05) is 48.5 Å². The van der Waals surface area contributed by atoms with Gasteiger partial charge in [-0.2, -0.15) is 0 Å². The van der Waals surface area contributed by atoms with Crippen LogP contribution < -0.4 is 20.5 Å². The summed E-state index contributed by atoms with van der Waals surface area (Å²) in [5.41, 5.74) is 7.24. The van der Waals surface area contributed by atoms with Crippen molar-refractivity contribution in [1.82, 2.24) is 10.2 Å². The molecule has 0 unspecified atom stereocenters. The fourth-order valence-electron chi connectivity index (χ4n) is 4.23. The van der Waals surface area contributed by atoms with E-state index in [0.29, 0.717) is 25.1 Å². The number of aryl methyl sites for hydroxylation is 1. The molecule has 7 nitrogen and oxygen atoms in total. The number of nitrogens with zero attached hydrogens (tertiary/aromatic N) is 1. The fourth-order valence-corrected chi connectivity index (χ4v) is 4.23. The van der Waals surface area contributed by atoms with E-state index in [4.69, 9.17) is 15.2 Å². The van der Waals surface area contributed by atoms with Crippen molar-refractivity contribution in [1.29, 1.82) is 0 Å². The number of primary amides is 1. The smallest absolute Gasteiger partial charge is 0.255 e. The second kappa shape index (κ2) is 12.0. The molecule has 0 saturated carbocycles. The maximum absolute atomic E-state index is 13.2. The van der Waals surface area contributed by atoms with E-state index in [0.717, 1.165) is 42.1 Å². The van der Waals surface area contributed by atoms with Gasteiger partial charge in [0.25, 0.3) is 5.91 Å². The zero-order valence-electron chi connectivity index (χ0n) is 19.7. The summed E-state index contributed by atoms with van der Waals surface area (Å²) >= 11 is 0. The molecule has 1 saturated heterocycles. The van der Waals surface area contributed by atoms with E-state index in [1.54, 1.807) is 0 Å². The second-order valence-electron chi connectivity index (χ2n) is 8.57. The van der Waals surface area contributed by atoms with Crippen LogP contribution in [-0.2, 0) is 22.4 Å². The van der Waals surface area contributed by atoms with E-state index in [-0.39, 0.29) is 18.6 Å². The zero-order valence-corrected chi connectivity index (χ0v) is 19.7. The molecule has 0 spiro atoms. The van der Waals surface area contributed by atoms with Crippen LogP contribution in [0.3, 0.4) is 0 Å². The lowest BCUT2D eigenvalue weighted by Gasteiger charge is -2.36. The molecule has 1 heterocycles. The number of para-hydroxylation sites is 2. The van der Waals surface area contributed by atoms with Gasteiger partial charge in [-0.25, -0.2) is 0 Å². The number of amides is 2. The lowest BCUT2D eigenvalue weighted by Crippen LogP contribution is -2.54. The molecule has 3 aromatic rings. The predicted molar refractivity (Wildman–Crippen MR) is 134 cm³/mol. The van der Waals surface area contributed by atoms with Gasteiger partial charge in [-0.3, -0.25) is 9.59 Å². The molecule has 0 radical (unpaired) electrons. The highest BCUT2D eigenvalue weighted by atomic mass is 16.5. The molecule has 35 heavy (non-hydrogen) atoms. The summed E-state index contributed by atoms with van der Waals surface area (Å²) in [6.07, 6.45) is 1.78. The van der Waals surface area contributed by atoms with Crippen molar-refractivity contribution in [3.8, 4) is 17.2 Å². The number of nitrogens with two attached hydrogens (primary N) is 1. The van der Waals surface area contributed by atoms with E-state index in [1.165, 1.54) is 0 Å². The van der Waals surface area contributed by atoms with Gasteiger partial charge in [0.2, 0.25) is 5.91 Å². The van der Waals surface area contributed by atoms with Crippen LogP contribution in [0.25, 0.3) is 0 Å². The first-order valence-electron chi connectivity index (χ1n) is 11.9. The summed E-state index contributed by atoms with van der Waals surface area (Å²) in [6.45, 7) is 2.08. The van der Waals surface area contributed by atoms with Crippen molar-refractivity contribution < 1.29 is 19.1 Å². The predicted octanol–water partition coefficient (Wildman–Crippen LogP) is 3.32. The number of ether oxygens (including phenoxy) is 2. The lowest BCUT2D eigenvalue weighted by atomic mass is 10.0. The lowest BCUT2D eigenvalue weighted by molar-refractivity contribution is -0.134. The van der Waals surface area contributed by atoms with Crippen molar-refractivity contribution in [2.24, 2.45) is 5.73 Å². The second-order valence-corrected chi connectivity index (χ2v) is 8.57. The monoisotopic (exact) mass is 473 g/mol. The average molecular weight is 474 g/mol. The van der Waals surface area contributed by atoms with Crippen LogP contribution in [0, 0.1) is 0 Å². The Kier molecular flexibility index (Phi) is 8.35. The van der Waals surface area contributed by atoms with Crippen LogP contribution >= 0.6 is 0 Å². The third kappa shape index (κ3) is 7.07. The van der Waals surface area contributed by atoms with Crippen LogP contribution in [0.2, 0.25) is 0 Å². The molecule has 1 atom stereocenters. The number of piperazine rings is 1. The highest BCUT2D eigenvalue weighted by Gasteiger charge is 2.26. The number of carbonyl (C=O) groups excluding carboxylic acids is 2. The molecule has 7 heteroatoms. The van der Waals surface area contributed by atoms with Gasteiger partial charge in [0.1, 0.15) is 17.2 Å². The number of benzene rings is 3. The Morgan fingerprint density at radius 1 is 0.943 bits per heavy atom. The summed E-state index contributed by atoms with van der Waals surface area (Å²) in [5, 5.41) is 3.40. The van der Waals surface area contributed by atoms with Gasteiger partial charge in [0.15, 0.2) is 6.61 Å². The third-order valence-electron chi connectivity index (χ3n) is 6.00. The number of hydrogen-bond acceptors (Lipinski definition) is 5. The molecule has 0 aliphatic carbocycles. The van der Waals surface area contributed by atoms with Crippen LogP contribution in [0.1, 0.15) is 17.5 Å². The third-order valence-corrected chi connectivity index (χ3v) is 6.00. The molecule has 0 bridgehead atoms. The Bertz CT molecular complexity index is 1120. The zero-order chi connectivity index (χ0) is 24.5. The highest BCUT2D eigenvalue weighted by Crippen LogP contribution is 2.26. The van der Waals surface area contributed by atoms with Crippen LogP contribution in [0.4, 0.5) is 0 Å². The van der Waals surface area contributed by atoms with E-state index in [9.17, 15) is 9.59 Å². The molecule has 3 aromatic carbocycles. The number of carbonyl (C=O) groups is 2. The normalized spacial score (nSPS) is 15.4. The molecule has 0 aromatic heterocycles. The number of nitrogens with one attached hydrogen (secondary N) is 1. The van der Waals surface area contributed by atoms with Crippen LogP contribution in [0.5, 0.6) is 17.2 Å². The Balaban J connectivity index is 1.36. The first-order chi connectivity index (χ1) is 17.1. The molecular weight excluding hydrogens is 442 g/mol. The Labute approximate surface area is 205 Å². The minimum Gasteiger partial charge on any atom is -0.484 e. The minimum absolute atomic E-state index is 0.0736. The topological polar surface area (TPSA) is 93.9 Å². The van der Waals surface area contributed by atoms with Crippen molar-refractivity contribution in [3.05, 3.63) is 90.0 Å². The molecule has 1 aliphatic rings. The summed E-state index contributed by atoms with van der Waals surface area (Å²) in [5.74, 6) is 1.79. The summed E-state index contributed by atoms with van der Waals surface area (Å²) in [6, 6.07) is 25.2. The molecule has 2 amide bonds. The molecule has 3 N–H and O–H groups in total. The summed E-state index contributed by atoms with van der Waals surface area (Å²) in [4.78, 5) is 26.1. The van der Waals surface area contributed by atoms with Gasteiger partial charge in [-0.15, -0.1) is 0 Å². The van der Waals surface area contributed by atoms with E-state index in [1.807, 2.05) is 83.8 Å². The molecule has 1 aliphatic heterocycles. The number of hydrogen-bond donors (Lipinski definition) is 2. The van der Waals surface area contributed by atoms with Crippen molar-refractivity contribution in [3.63, 3.8) is 0 Å². The van der Waals surface area contributed by atoms with Gasteiger partial charge in [0.05, 0.1) is 0 Å². The fraction of sp³-hybridized carbons (Fsp3) is 0.286. The van der Waals surface area contributed by atoms with Crippen molar-refractivity contribution in [2.45, 2.75) is 25.3 Å². The van der Waals surface area contributed by atoms with Crippen molar-refractivity contribution in [2.75, 3.05) is 26.2 Å². The summed E-state index contributed by atoms with van der Waals surface area (Å²) in [7, 11) is 0. The average Bonchev–Trinajstić information content (AvgIpc) is 2.88. The molecule has 182 valence electrons.